The van der Waals surface area contributed by atoms with Crippen LogP contribution in [0.3, 0.4) is 0 Å². The third-order valence-corrected chi connectivity index (χ3v) is 2.89. The summed E-state index contributed by atoms with van der Waals surface area (Å²) in [5.74, 6) is 1.37. The van der Waals surface area contributed by atoms with Gasteiger partial charge in [-0.2, -0.15) is 0 Å². The fourth-order valence-electron chi connectivity index (χ4n) is 2.27. The summed E-state index contributed by atoms with van der Waals surface area (Å²) in [7, 11) is 0. The first-order valence-corrected chi connectivity index (χ1v) is 4.45. The molecule has 1 heterocycles. The first-order chi connectivity index (χ1) is 5.25. The molecule has 0 amide bonds. The van der Waals surface area contributed by atoms with Gasteiger partial charge in [-0.05, 0) is 25.2 Å². The fourth-order valence-corrected chi connectivity index (χ4v) is 2.27. The monoisotopic (exact) mass is 154 g/mol. The van der Waals surface area contributed by atoms with Crippen molar-refractivity contribution in [3.8, 4) is 0 Å². The van der Waals surface area contributed by atoms with Crippen molar-refractivity contribution in [2.75, 3.05) is 0 Å². The Morgan fingerprint density at radius 2 is 2.27 bits per heavy atom. The van der Waals surface area contributed by atoms with E-state index in [1.54, 1.807) is 0 Å². The molecule has 0 spiro atoms. The van der Waals surface area contributed by atoms with Crippen molar-refractivity contribution in [2.24, 2.45) is 11.8 Å². The fraction of sp³-hybridized carbons (Fsp3) is 0.889. The molecule has 2 nitrogen and oxygen atoms in total. The maximum Gasteiger partial charge on any atom is 0.306 e. The number of hydrogen-bond donors (Lipinski definition) is 0. The lowest BCUT2D eigenvalue weighted by Crippen LogP contribution is -2.24. The summed E-state index contributed by atoms with van der Waals surface area (Å²) < 4.78 is 5.17. The Bertz CT molecular complexity index is 176. The first kappa shape index (κ1) is 7.14. The van der Waals surface area contributed by atoms with Crippen molar-refractivity contribution in [3.05, 3.63) is 0 Å². The van der Waals surface area contributed by atoms with Crippen molar-refractivity contribution >= 4 is 5.97 Å². The molecule has 0 aromatic heterocycles. The SMILES string of the molecule is C[C@@H]1CC[C@@H]2OC(=O)C[C@H]2C1. The molecule has 0 unspecified atom stereocenters. The molecule has 0 N–H and O–H groups in total. The molecular formula is C9H14O2. The van der Waals surface area contributed by atoms with Crippen LogP contribution in [-0.4, -0.2) is 12.1 Å². The molecule has 1 aliphatic carbocycles. The summed E-state index contributed by atoms with van der Waals surface area (Å²) in [6.45, 7) is 2.26. The van der Waals surface area contributed by atoms with Gasteiger partial charge in [-0.25, -0.2) is 0 Å². The topological polar surface area (TPSA) is 26.3 Å². The smallest absolute Gasteiger partial charge is 0.306 e. The molecule has 1 aliphatic heterocycles. The van der Waals surface area contributed by atoms with E-state index in [0.717, 1.165) is 12.3 Å². The predicted molar refractivity (Wildman–Crippen MR) is 41.0 cm³/mol. The molecule has 1 saturated carbocycles. The molecule has 0 bridgehead atoms. The molecule has 3 atom stereocenters. The van der Waals surface area contributed by atoms with Gasteiger partial charge in [-0.1, -0.05) is 6.92 Å². The lowest BCUT2D eigenvalue weighted by molar-refractivity contribution is -0.142. The first-order valence-electron chi connectivity index (χ1n) is 4.45. The Labute approximate surface area is 66.9 Å². The Morgan fingerprint density at radius 1 is 1.45 bits per heavy atom. The average Bonchev–Trinajstić information content (AvgIpc) is 2.27. The summed E-state index contributed by atoms with van der Waals surface area (Å²) in [4.78, 5) is 10.9. The number of carbonyl (C=O) groups is 1. The highest BCUT2D eigenvalue weighted by atomic mass is 16.5. The largest absolute Gasteiger partial charge is 0.462 e. The van der Waals surface area contributed by atoms with Crippen LogP contribution < -0.4 is 0 Å². The van der Waals surface area contributed by atoms with Crippen molar-refractivity contribution in [1.82, 2.24) is 0 Å². The maximum absolute atomic E-state index is 10.9. The van der Waals surface area contributed by atoms with Crippen molar-refractivity contribution in [3.63, 3.8) is 0 Å². The van der Waals surface area contributed by atoms with E-state index in [0.29, 0.717) is 12.3 Å². The summed E-state index contributed by atoms with van der Waals surface area (Å²) in [6.07, 6.45) is 4.47. The quantitative estimate of drug-likeness (QED) is 0.497. The summed E-state index contributed by atoms with van der Waals surface area (Å²) in [5.41, 5.74) is 0. The predicted octanol–water partition coefficient (Wildman–Crippen LogP) is 1.74. The second-order valence-electron chi connectivity index (χ2n) is 3.91. The lowest BCUT2D eigenvalue weighted by Gasteiger charge is -2.27. The van der Waals surface area contributed by atoms with Gasteiger partial charge < -0.3 is 4.74 Å². The Balaban J connectivity index is 2.02. The molecule has 0 aromatic carbocycles. The van der Waals surface area contributed by atoms with E-state index in [1.165, 1.54) is 12.8 Å². The summed E-state index contributed by atoms with van der Waals surface area (Å²) in [6, 6.07) is 0. The van der Waals surface area contributed by atoms with E-state index in [-0.39, 0.29) is 12.1 Å². The highest BCUT2D eigenvalue weighted by Gasteiger charge is 2.38. The van der Waals surface area contributed by atoms with E-state index < -0.39 is 0 Å². The second kappa shape index (κ2) is 2.50. The van der Waals surface area contributed by atoms with Crippen LogP contribution in [0, 0.1) is 11.8 Å². The third kappa shape index (κ3) is 1.26. The van der Waals surface area contributed by atoms with Gasteiger partial charge in [0.2, 0.25) is 0 Å². The minimum absolute atomic E-state index is 0.0223. The van der Waals surface area contributed by atoms with Crippen LogP contribution in [0.25, 0.3) is 0 Å². The van der Waals surface area contributed by atoms with E-state index in [2.05, 4.69) is 6.92 Å². The zero-order chi connectivity index (χ0) is 7.84. The van der Waals surface area contributed by atoms with Gasteiger partial charge in [0.25, 0.3) is 0 Å². The van der Waals surface area contributed by atoms with Crippen LogP contribution in [0.2, 0.25) is 0 Å². The normalized spacial score (nSPS) is 43.4. The number of fused-ring (bicyclic) bond motifs is 1. The van der Waals surface area contributed by atoms with Crippen LogP contribution in [0.1, 0.15) is 32.6 Å². The van der Waals surface area contributed by atoms with Crippen molar-refractivity contribution < 1.29 is 9.53 Å². The molecule has 62 valence electrons. The molecule has 1 saturated heterocycles. The number of esters is 1. The Morgan fingerprint density at radius 3 is 3.09 bits per heavy atom. The second-order valence-corrected chi connectivity index (χ2v) is 3.91. The van der Waals surface area contributed by atoms with Crippen LogP contribution in [0.4, 0.5) is 0 Å². The summed E-state index contributed by atoms with van der Waals surface area (Å²) in [5, 5.41) is 0. The molecule has 2 rings (SSSR count). The minimum Gasteiger partial charge on any atom is -0.462 e. The molecule has 0 aromatic rings. The zero-order valence-electron chi connectivity index (χ0n) is 6.88. The molecule has 2 aliphatic rings. The van der Waals surface area contributed by atoms with Crippen LogP contribution in [-0.2, 0) is 9.53 Å². The van der Waals surface area contributed by atoms with Gasteiger partial charge in [-0.15, -0.1) is 0 Å². The standard InChI is InChI=1S/C9H14O2/c1-6-2-3-8-7(4-6)5-9(10)11-8/h6-8H,2-5H2,1H3/t6-,7-,8+/m1/s1. The Kier molecular flexibility index (Phi) is 1.63. The average molecular weight is 154 g/mol. The minimum atomic E-state index is 0.0223. The van der Waals surface area contributed by atoms with Crippen LogP contribution >= 0.6 is 0 Å². The van der Waals surface area contributed by atoms with Gasteiger partial charge in [0.1, 0.15) is 6.10 Å². The van der Waals surface area contributed by atoms with Crippen molar-refractivity contribution in [1.29, 1.82) is 0 Å². The number of hydrogen-bond acceptors (Lipinski definition) is 2. The summed E-state index contributed by atoms with van der Waals surface area (Å²) >= 11 is 0. The molecule has 2 fully saturated rings. The highest BCUT2D eigenvalue weighted by Crippen LogP contribution is 2.37. The third-order valence-electron chi connectivity index (χ3n) is 2.89. The highest BCUT2D eigenvalue weighted by molar-refractivity contribution is 5.72. The van der Waals surface area contributed by atoms with E-state index >= 15 is 0 Å². The Hall–Kier alpha value is -0.530. The van der Waals surface area contributed by atoms with Gasteiger partial charge in [0.15, 0.2) is 0 Å². The zero-order valence-corrected chi connectivity index (χ0v) is 6.88. The molecule has 2 heteroatoms. The van der Waals surface area contributed by atoms with Crippen molar-refractivity contribution in [2.45, 2.75) is 38.7 Å². The van der Waals surface area contributed by atoms with Gasteiger partial charge in [-0.3, -0.25) is 4.79 Å². The van der Waals surface area contributed by atoms with E-state index in [1.807, 2.05) is 0 Å². The molecule has 0 radical (unpaired) electrons. The van der Waals surface area contributed by atoms with Gasteiger partial charge in [0, 0.05) is 5.92 Å². The molecular weight excluding hydrogens is 140 g/mol. The van der Waals surface area contributed by atoms with Gasteiger partial charge >= 0.3 is 5.97 Å². The lowest BCUT2D eigenvalue weighted by atomic mass is 9.80. The number of ether oxygens (including phenoxy) is 1. The number of carbonyl (C=O) groups excluding carboxylic acids is 1. The molecule has 11 heavy (non-hydrogen) atoms. The van der Waals surface area contributed by atoms with E-state index in [9.17, 15) is 4.79 Å². The van der Waals surface area contributed by atoms with Gasteiger partial charge in [0.05, 0.1) is 6.42 Å². The maximum atomic E-state index is 10.9. The van der Waals surface area contributed by atoms with E-state index in [4.69, 9.17) is 4.74 Å². The van der Waals surface area contributed by atoms with Crippen LogP contribution in [0.15, 0.2) is 0 Å². The van der Waals surface area contributed by atoms with Crippen LogP contribution in [0.5, 0.6) is 0 Å². The number of rotatable bonds is 0.